The molecule has 0 radical (unpaired) electrons. The van der Waals surface area contributed by atoms with Crippen molar-refractivity contribution in [2.45, 2.75) is 6.18 Å². The number of aromatic nitrogens is 1. The minimum absolute atomic E-state index is 0.124. The van der Waals surface area contributed by atoms with Crippen LogP contribution >= 0.6 is 0 Å². The molecule has 0 saturated heterocycles. The monoisotopic (exact) mass is 292 g/mol. The lowest BCUT2D eigenvalue weighted by Crippen LogP contribution is -2.04. The van der Waals surface area contributed by atoms with E-state index in [0.717, 1.165) is 12.1 Å². The molecule has 0 aliphatic carbocycles. The van der Waals surface area contributed by atoms with Crippen molar-refractivity contribution >= 4 is 22.3 Å². The summed E-state index contributed by atoms with van der Waals surface area (Å²) in [5, 5.41) is 12.7. The van der Waals surface area contributed by atoms with E-state index < -0.39 is 11.7 Å². The maximum absolute atomic E-state index is 12.8. The SMILES string of the molecule is Oc1ccc(Nc2c[nH]c3ccc(C(F)(F)F)cc23)cc1. The van der Waals surface area contributed by atoms with Crippen LogP contribution < -0.4 is 5.32 Å². The molecule has 3 aromatic rings. The number of fused-ring (bicyclic) bond motifs is 1. The second-order valence-corrected chi connectivity index (χ2v) is 4.63. The number of hydrogen-bond donors (Lipinski definition) is 3. The molecule has 0 atom stereocenters. The van der Waals surface area contributed by atoms with Gasteiger partial charge in [-0.1, -0.05) is 0 Å². The first-order valence-corrected chi connectivity index (χ1v) is 6.18. The first kappa shape index (κ1) is 13.4. The van der Waals surface area contributed by atoms with E-state index in [1.807, 2.05) is 0 Å². The Kier molecular flexibility index (Phi) is 3.01. The maximum atomic E-state index is 12.8. The third kappa shape index (κ3) is 2.65. The van der Waals surface area contributed by atoms with Gasteiger partial charge in [0, 0.05) is 22.8 Å². The van der Waals surface area contributed by atoms with Crippen LogP contribution in [-0.4, -0.2) is 10.1 Å². The number of benzene rings is 2. The number of aromatic amines is 1. The van der Waals surface area contributed by atoms with Crippen LogP contribution in [0, 0.1) is 0 Å². The van der Waals surface area contributed by atoms with Gasteiger partial charge in [0.1, 0.15) is 5.75 Å². The van der Waals surface area contributed by atoms with Crippen LogP contribution in [0.25, 0.3) is 10.9 Å². The van der Waals surface area contributed by atoms with Crippen LogP contribution in [0.3, 0.4) is 0 Å². The number of nitrogens with one attached hydrogen (secondary N) is 2. The zero-order chi connectivity index (χ0) is 15.0. The van der Waals surface area contributed by atoms with E-state index in [-0.39, 0.29) is 5.75 Å². The summed E-state index contributed by atoms with van der Waals surface area (Å²) in [5.74, 6) is 0.124. The fourth-order valence-corrected chi connectivity index (χ4v) is 2.10. The third-order valence-corrected chi connectivity index (χ3v) is 3.16. The zero-order valence-corrected chi connectivity index (χ0v) is 10.7. The Labute approximate surface area is 118 Å². The molecule has 1 aromatic heterocycles. The molecular weight excluding hydrogens is 281 g/mol. The molecule has 3 N–H and O–H groups in total. The Morgan fingerprint density at radius 3 is 2.38 bits per heavy atom. The van der Waals surface area contributed by atoms with Crippen LogP contribution in [-0.2, 0) is 6.18 Å². The summed E-state index contributed by atoms with van der Waals surface area (Å²) >= 11 is 0. The van der Waals surface area contributed by atoms with E-state index in [9.17, 15) is 18.3 Å². The van der Waals surface area contributed by atoms with E-state index in [2.05, 4.69) is 10.3 Å². The molecule has 1 heterocycles. The topological polar surface area (TPSA) is 48.0 Å². The van der Waals surface area contributed by atoms with Crippen molar-refractivity contribution in [1.82, 2.24) is 4.98 Å². The highest BCUT2D eigenvalue weighted by atomic mass is 19.4. The van der Waals surface area contributed by atoms with E-state index in [1.54, 1.807) is 18.3 Å². The van der Waals surface area contributed by atoms with Crippen LogP contribution in [0.1, 0.15) is 5.56 Å². The highest BCUT2D eigenvalue weighted by Gasteiger charge is 2.30. The number of phenolic OH excluding ortho intramolecular Hbond substituents is 1. The molecule has 0 bridgehead atoms. The van der Waals surface area contributed by atoms with Gasteiger partial charge < -0.3 is 15.4 Å². The van der Waals surface area contributed by atoms with Gasteiger partial charge in [-0.15, -0.1) is 0 Å². The number of aromatic hydroxyl groups is 1. The number of hydrogen-bond acceptors (Lipinski definition) is 2. The summed E-state index contributed by atoms with van der Waals surface area (Å²) in [5.41, 5.74) is 1.14. The Morgan fingerprint density at radius 1 is 1.00 bits per heavy atom. The number of phenols is 1. The van der Waals surface area contributed by atoms with E-state index in [0.29, 0.717) is 22.3 Å². The van der Waals surface area contributed by atoms with Gasteiger partial charge in [0.25, 0.3) is 0 Å². The van der Waals surface area contributed by atoms with Crippen LogP contribution in [0.2, 0.25) is 0 Å². The van der Waals surface area contributed by atoms with Crippen molar-refractivity contribution in [3.8, 4) is 5.75 Å². The molecule has 6 heteroatoms. The summed E-state index contributed by atoms with van der Waals surface area (Å²) in [6.07, 6.45) is -2.76. The number of halogens is 3. The standard InChI is InChI=1S/C15H11F3N2O/c16-15(17,18)9-1-6-13-12(7-9)14(8-19-13)20-10-2-4-11(21)5-3-10/h1-8,19-21H. The Bertz CT molecular complexity index is 776. The molecule has 2 aromatic carbocycles. The van der Waals surface area contributed by atoms with Gasteiger partial charge in [-0.2, -0.15) is 13.2 Å². The van der Waals surface area contributed by atoms with Crippen LogP contribution in [0.4, 0.5) is 24.5 Å². The molecule has 0 aliphatic heterocycles. The molecule has 3 nitrogen and oxygen atoms in total. The van der Waals surface area contributed by atoms with Crippen molar-refractivity contribution in [2.24, 2.45) is 0 Å². The molecule has 3 rings (SSSR count). The van der Waals surface area contributed by atoms with Crippen molar-refractivity contribution < 1.29 is 18.3 Å². The molecule has 21 heavy (non-hydrogen) atoms. The van der Waals surface area contributed by atoms with Gasteiger partial charge in [0.05, 0.1) is 11.3 Å². The predicted octanol–water partition coefficient (Wildman–Crippen LogP) is 4.64. The molecule has 108 valence electrons. The van der Waals surface area contributed by atoms with Gasteiger partial charge in [-0.25, -0.2) is 0 Å². The van der Waals surface area contributed by atoms with Crippen molar-refractivity contribution in [1.29, 1.82) is 0 Å². The average molecular weight is 292 g/mol. The first-order chi connectivity index (χ1) is 9.93. The fraction of sp³-hybridized carbons (Fsp3) is 0.0667. The van der Waals surface area contributed by atoms with Gasteiger partial charge >= 0.3 is 6.18 Å². The molecule has 0 fully saturated rings. The van der Waals surface area contributed by atoms with Crippen molar-refractivity contribution in [2.75, 3.05) is 5.32 Å². The van der Waals surface area contributed by atoms with Crippen LogP contribution in [0.15, 0.2) is 48.7 Å². The molecule has 0 unspecified atom stereocenters. The molecule has 0 aliphatic rings. The minimum Gasteiger partial charge on any atom is -0.508 e. The lowest BCUT2D eigenvalue weighted by atomic mass is 10.1. The normalized spacial score (nSPS) is 11.8. The van der Waals surface area contributed by atoms with Crippen molar-refractivity contribution in [3.05, 3.63) is 54.2 Å². The second kappa shape index (κ2) is 4.73. The molecule has 0 saturated carbocycles. The number of rotatable bonds is 2. The van der Waals surface area contributed by atoms with E-state index in [4.69, 9.17) is 0 Å². The summed E-state index contributed by atoms with van der Waals surface area (Å²) < 4.78 is 38.3. The lowest BCUT2D eigenvalue weighted by Gasteiger charge is -2.08. The third-order valence-electron chi connectivity index (χ3n) is 3.16. The lowest BCUT2D eigenvalue weighted by molar-refractivity contribution is -0.137. The van der Waals surface area contributed by atoms with Gasteiger partial charge in [-0.3, -0.25) is 0 Å². The first-order valence-electron chi connectivity index (χ1n) is 6.18. The van der Waals surface area contributed by atoms with Crippen LogP contribution in [0.5, 0.6) is 5.75 Å². The molecule has 0 amide bonds. The maximum Gasteiger partial charge on any atom is 0.416 e. The predicted molar refractivity (Wildman–Crippen MR) is 74.7 cm³/mol. The number of H-pyrrole nitrogens is 1. The summed E-state index contributed by atoms with van der Waals surface area (Å²) in [4.78, 5) is 2.92. The highest BCUT2D eigenvalue weighted by molar-refractivity contribution is 5.94. The number of anilines is 2. The Balaban J connectivity index is 2.00. The minimum atomic E-state index is -4.37. The highest BCUT2D eigenvalue weighted by Crippen LogP contribution is 2.34. The zero-order valence-electron chi connectivity index (χ0n) is 10.7. The van der Waals surface area contributed by atoms with Gasteiger partial charge in [0.15, 0.2) is 0 Å². The van der Waals surface area contributed by atoms with E-state index >= 15 is 0 Å². The Hall–Kier alpha value is -2.63. The van der Waals surface area contributed by atoms with Gasteiger partial charge in [0.2, 0.25) is 0 Å². The average Bonchev–Trinajstić information content (AvgIpc) is 2.83. The largest absolute Gasteiger partial charge is 0.508 e. The van der Waals surface area contributed by atoms with Gasteiger partial charge in [-0.05, 0) is 42.5 Å². The van der Waals surface area contributed by atoms with Crippen molar-refractivity contribution in [3.63, 3.8) is 0 Å². The second-order valence-electron chi connectivity index (χ2n) is 4.63. The molecular formula is C15H11F3N2O. The summed E-state index contributed by atoms with van der Waals surface area (Å²) in [7, 11) is 0. The summed E-state index contributed by atoms with van der Waals surface area (Å²) in [6, 6.07) is 9.83. The smallest absolute Gasteiger partial charge is 0.416 e. The van der Waals surface area contributed by atoms with E-state index in [1.165, 1.54) is 18.2 Å². The fourth-order valence-electron chi connectivity index (χ4n) is 2.10. The Morgan fingerprint density at radius 2 is 1.71 bits per heavy atom. The molecule has 0 spiro atoms. The summed E-state index contributed by atoms with van der Waals surface area (Å²) in [6.45, 7) is 0. The quantitative estimate of drug-likeness (QED) is 0.603. The number of alkyl halides is 3.